The third-order valence-electron chi connectivity index (χ3n) is 5.59. The quantitative estimate of drug-likeness (QED) is 0.516. The van der Waals surface area contributed by atoms with Crippen molar-refractivity contribution < 1.29 is 4.79 Å². The first-order valence-corrected chi connectivity index (χ1v) is 11.2. The van der Waals surface area contributed by atoms with Crippen LogP contribution in [0.2, 0.25) is 0 Å². The van der Waals surface area contributed by atoms with Gasteiger partial charge in [0.2, 0.25) is 0 Å². The monoisotopic (exact) mass is 427 g/mol. The molecule has 0 saturated heterocycles. The first-order chi connectivity index (χ1) is 15.1. The smallest absolute Gasteiger partial charge is 0.265 e. The average molecular weight is 428 g/mol. The van der Waals surface area contributed by atoms with Gasteiger partial charge in [-0.05, 0) is 61.4 Å². The Hall–Kier alpha value is -3.38. The van der Waals surface area contributed by atoms with E-state index in [0.717, 1.165) is 12.2 Å². The van der Waals surface area contributed by atoms with Crippen molar-refractivity contribution in [2.75, 3.05) is 5.75 Å². The molecule has 1 aromatic heterocycles. The summed E-state index contributed by atoms with van der Waals surface area (Å²) in [6.07, 6.45) is 0.906. The third kappa shape index (κ3) is 3.64. The van der Waals surface area contributed by atoms with Gasteiger partial charge in [-0.1, -0.05) is 30.3 Å². The predicted octanol–water partition coefficient (Wildman–Crippen LogP) is 4.66. The van der Waals surface area contributed by atoms with Gasteiger partial charge in [0.15, 0.2) is 0 Å². The number of nitrogens with zero attached hydrogens (tertiary/aromatic N) is 2. The van der Waals surface area contributed by atoms with Gasteiger partial charge in [0.25, 0.3) is 11.5 Å². The highest BCUT2D eigenvalue weighted by molar-refractivity contribution is 7.99. The lowest BCUT2D eigenvalue weighted by Crippen LogP contribution is -2.30. The van der Waals surface area contributed by atoms with E-state index in [1.807, 2.05) is 49.0 Å². The number of fused-ring (bicyclic) bond motifs is 2. The highest BCUT2D eigenvalue weighted by atomic mass is 32.2. The molecule has 1 aliphatic heterocycles. The Balaban J connectivity index is 1.42. The molecule has 0 radical (unpaired) electrons. The summed E-state index contributed by atoms with van der Waals surface area (Å²) in [5.41, 5.74) is 3.00. The van der Waals surface area contributed by atoms with Gasteiger partial charge in [-0.3, -0.25) is 14.2 Å². The number of nitrogens with one attached hydrogen (secondary N) is 1. The van der Waals surface area contributed by atoms with Crippen LogP contribution in [0.5, 0.6) is 0 Å². The molecule has 31 heavy (non-hydrogen) atoms. The Morgan fingerprint density at radius 2 is 1.77 bits per heavy atom. The summed E-state index contributed by atoms with van der Waals surface area (Å²) in [6, 6.07) is 22.7. The van der Waals surface area contributed by atoms with Crippen LogP contribution in [0, 0.1) is 6.92 Å². The molecular formula is C25H21N3O2S. The zero-order valence-corrected chi connectivity index (χ0v) is 17.9. The number of benzene rings is 3. The molecule has 0 aliphatic carbocycles. The van der Waals surface area contributed by atoms with E-state index in [9.17, 15) is 9.59 Å². The van der Waals surface area contributed by atoms with E-state index < -0.39 is 0 Å². The van der Waals surface area contributed by atoms with Gasteiger partial charge in [-0.25, -0.2) is 4.98 Å². The minimum absolute atomic E-state index is 0.0131. The normalized spacial score (nSPS) is 15.5. The number of thioether (sulfide) groups is 1. The molecule has 3 aromatic carbocycles. The number of aromatic nitrogens is 2. The lowest BCUT2D eigenvalue weighted by molar-refractivity contribution is 0.0935. The maximum atomic E-state index is 13.0. The molecule has 0 spiro atoms. The molecule has 1 aliphatic rings. The summed E-state index contributed by atoms with van der Waals surface area (Å²) in [7, 11) is 0. The van der Waals surface area contributed by atoms with E-state index in [1.165, 1.54) is 10.5 Å². The summed E-state index contributed by atoms with van der Waals surface area (Å²) < 4.78 is 1.58. The highest BCUT2D eigenvalue weighted by Crippen LogP contribution is 2.35. The molecule has 5 nitrogen and oxygen atoms in total. The molecule has 0 fully saturated rings. The van der Waals surface area contributed by atoms with Crippen molar-refractivity contribution in [3.63, 3.8) is 0 Å². The Labute approximate surface area is 184 Å². The molecule has 0 bridgehead atoms. The topological polar surface area (TPSA) is 64.0 Å². The molecule has 2 heterocycles. The lowest BCUT2D eigenvalue weighted by Gasteiger charge is -2.26. The Morgan fingerprint density at radius 1 is 1.03 bits per heavy atom. The number of aryl methyl sites for hydroxylation is 1. The maximum Gasteiger partial charge on any atom is 0.265 e. The molecule has 5 rings (SSSR count). The van der Waals surface area contributed by atoms with Crippen molar-refractivity contribution in [2.24, 2.45) is 0 Å². The SMILES string of the molecule is Cc1nc2ccccc2c(=O)n1-c1ccc(C(=O)N[C@@H]2CCSc3ccccc32)cc1. The fourth-order valence-electron chi connectivity index (χ4n) is 4.04. The van der Waals surface area contributed by atoms with E-state index in [-0.39, 0.29) is 17.5 Å². The van der Waals surface area contributed by atoms with Gasteiger partial charge in [-0.2, -0.15) is 0 Å². The number of amides is 1. The highest BCUT2D eigenvalue weighted by Gasteiger charge is 2.22. The van der Waals surface area contributed by atoms with Gasteiger partial charge in [0.05, 0.1) is 22.6 Å². The molecule has 154 valence electrons. The first-order valence-electron chi connectivity index (χ1n) is 10.2. The van der Waals surface area contributed by atoms with Crippen LogP contribution in [-0.2, 0) is 0 Å². The van der Waals surface area contributed by atoms with E-state index in [0.29, 0.717) is 28.0 Å². The lowest BCUT2D eigenvalue weighted by atomic mass is 10.0. The summed E-state index contributed by atoms with van der Waals surface area (Å²) in [4.78, 5) is 31.7. The van der Waals surface area contributed by atoms with Crippen LogP contribution in [0.15, 0.2) is 82.5 Å². The van der Waals surface area contributed by atoms with Gasteiger partial charge in [-0.15, -0.1) is 11.8 Å². The minimum atomic E-state index is -0.114. The van der Waals surface area contributed by atoms with E-state index >= 15 is 0 Å². The average Bonchev–Trinajstić information content (AvgIpc) is 2.80. The Morgan fingerprint density at radius 3 is 2.61 bits per heavy atom. The molecule has 1 amide bonds. The van der Waals surface area contributed by atoms with Crippen molar-refractivity contribution in [2.45, 2.75) is 24.3 Å². The number of carbonyl (C=O) groups is 1. The van der Waals surface area contributed by atoms with E-state index in [4.69, 9.17) is 0 Å². The van der Waals surface area contributed by atoms with E-state index in [2.05, 4.69) is 22.4 Å². The number of rotatable bonds is 3. The van der Waals surface area contributed by atoms with Crippen LogP contribution in [0.4, 0.5) is 0 Å². The van der Waals surface area contributed by atoms with Gasteiger partial charge >= 0.3 is 0 Å². The van der Waals surface area contributed by atoms with Crippen molar-refractivity contribution in [3.8, 4) is 5.69 Å². The van der Waals surface area contributed by atoms with Crippen LogP contribution >= 0.6 is 11.8 Å². The molecule has 0 unspecified atom stereocenters. The summed E-state index contributed by atoms with van der Waals surface area (Å²) in [5, 5.41) is 3.74. The number of carbonyl (C=O) groups excluding carboxylic acids is 1. The van der Waals surface area contributed by atoms with Crippen molar-refractivity contribution in [1.29, 1.82) is 0 Å². The van der Waals surface area contributed by atoms with Crippen LogP contribution in [0.3, 0.4) is 0 Å². The third-order valence-corrected chi connectivity index (χ3v) is 6.72. The predicted molar refractivity (Wildman–Crippen MR) is 124 cm³/mol. The summed E-state index contributed by atoms with van der Waals surface area (Å²) in [6.45, 7) is 1.81. The first kappa shape index (κ1) is 19.6. The van der Waals surface area contributed by atoms with Crippen LogP contribution in [0.1, 0.15) is 34.2 Å². The van der Waals surface area contributed by atoms with Gasteiger partial charge < -0.3 is 5.32 Å². The summed E-state index contributed by atoms with van der Waals surface area (Å²) >= 11 is 1.83. The second-order valence-corrected chi connectivity index (χ2v) is 8.70. The standard InChI is InChI=1S/C25H21N3O2S/c1-16-26-21-8-4-2-7-20(21)25(30)28(16)18-12-10-17(11-13-18)24(29)27-22-14-15-31-23-9-5-3-6-19(22)23/h2-13,22H,14-15H2,1H3,(H,27,29)/t22-/m1/s1. The number of hydrogen-bond acceptors (Lipinski definition) is 4. The minimum Gasteiger partial charge on any atom is -0.345 e. The van der Waals surface area contributed by atoms with Crippen LogP contribution < -0.4 is 10.9 Å². The van der Waals surface area contributed by atoms with Crippen molar-refractivity contribution in [3.05, 3.63) is 100 Å². The van der Waals surface area contributed by atoms with Gasteiger partial charge in [0.1, 0.15) is 5.82 Å². The van der Waals surface area contributed by atoms with Crippen LogP contribution in [0.25, 0.3) is 16.6 Å². The number of hydrogen-bond donors (Lipinski definition) is 1. The van der Waals surface area contributed by atoms with Gasteiger partial charge in [0, 0.05) is 16.2 Å². The fraction of sp³-hybridized carbons (Fsp3) is 0.160. The maximum absolute atomic E-state index is 13.0. The summed E-state index contributed by atoms with van der Waals surface area (Å²) in [5.74, 6) is 1.48. The van der Waals surface area contributed by atoms with Crippen molar-refractivity contribution >= 4 is 28.6 Å². The molecule has 6 heteroatoms. The second kappa shape index (κ2) is 8.04. The van der Waals surface area contributed by atoms with E-state index in [1.54, 1.807) is 34.9 Å². The second-order valence-electron chi connectivity index (χ2n) is 7.56. The molecular weight excluding hydrogens is 406 g/mol. The Kier molecular flexibility index (Phi) is 5.08. The fourth-order valence-corrected chi connectivity index (χ4v) is 5.17. The molecule has 0 saturated carbocycles. The molecule has 1 atom stereocenters. The largest absolute Gasteiger partial charge is 0.345 e. The molecule has 4 aromatic rings. The number of para-hydroxylation sites is 1. The molecule has 1 N–H and O–H groups in total. The Bertz CT molecular complexity index is 1350. The zero-order valence-electron chi connectivity index (χ0n) is 17.0. The van der Waals surface area contributed by atoms with Crippen molar-refractivity contribution in [1.82, 2.24) is 14.9 Å². The van der Waals surface area contributed by atoms with Crippen LogP contribution in [-0.4, -0.2) is 21.2 Å². The zero-order chi connectivity index (χ0) is 21.4.